The smallest absolute Gasteiger partial charge is 0.0947 e. The van der Waals surface area contributed by atoms with Gasteiger partial charge in [0.2, 0.25) is 0 Å². The van der Waals surface area contributed by atoms with Crippen LogP contribution in [0.2, 0.25) is 5.02 Å². The molecule has 1 aromatic heterocycles. The van der Waals surface area contributed by atoms with Crippen molar-refractivity contribution >= 4 is 11.6 Å². The molecule has 0 fully saturated rings. The van der Waals surface area contributed by atoms with E-state index in [0.717, 1.165) is 24.7 Å². The summed E-state index contributed by atoms with van der Waals surface area (Å²) < 4.78 is 5.04. The van der Waals surface area contributed by atoms with Crippen LogP contribution >= 0.6 is 11.6 Å². The average molecular weight is 293 g/mol. The van der Waals surface area contributed by atoms with E-state index in [4.69, 9.17) is 16.0 Å². The summed E-state index contributed by atoms with van der Waals surface area (Å²) in [7, 11) is 2.13. The molecule has 0 aliphatic carbocycles. The number of furan rings is 1. The first-order chi connectivity index (χ1) is 9.66. The summed E-state index contributed by atoms with van der Waals surface area (Å²) in [5, 5.41) is 4.20. The highest BCUT2D eigenvalue weighted by Crippen LogP contribution is 2.21. The number of halogens is 1. The monoisotopic (exact) mass is 292 g/mol. The molecule has 0 saturated carbocycles. The lowest BCUT2D eigenvalue weighted by atomic mass is 10.1. The number of nitrogens with zero attached hydrogens (tertiary/aromatic N) is 1. The van der Waals surface area contributed by atoms with Crippen molar-refractivity contribution in [3.05, 3.63) is 59.0 Å². The van der Waals surface area contributed by atoms with Crippen LogP contribution in [-0.2, 0) is 6.54 Å². The van der Waals surface area contributed by atoms with E-state index in [1.807, 2.05) is 24.3 Å². The highest BCUT2D eigenvalue weighted by atomic mass is 35.5. The van der Waals surface area contributed by atoms with E-state index >= 15 is 0 Å². The Bertz CT molecular complexity index is 513. The predicted molar refractivity (Wildman–Crippen MR) is 82.9 cm³/mol. The molecule has 20 heavy (non-hydrogen) atoms. The van der Waals surface area contributed by atoms with E-state index in [1.54, 1.807) is 12.5 Å². The van der Waals surface area contributed by atoms with Crippen LogP contribution in [0.1, 0.15) is 24.1 Å². The van der Waals surface area contributed by atoms with Crippen LogP contribution < -0.4 is 5.32 Å². The van der Waals surface area contributed by atoms with Gasteiger partial charge in [0, 0.05) is 36.3 Å². The molecular weight excluding hydrogens is 272 g/mol. The molecule has 0 spiro atoms. The lowest BCUT2D eigenvalue weighted by molar-refractivity contribution is 0.261. The lowest BCUT2D eigenvalue weighted by Gasteiger charge is -2.25. The second kappa shape index (κ2) is 7.48. The van der Waals surface area contributed by atoms with Gasteiger partial charge in [0.15, 0.2) is 0 Å². The van der Waals surface area contributed by atoms with Crippen molar-refractivity contribution in [2.45, 2.75) is 19.5 Å². The topological polar surface area (TPSA) is 28.4 Å². The van der Waals surface area contributed by atoms with E-state index in [1.165, 1.54) is 11.1 Å². The Balaban J connectivity index is 1.75. The molecule has 3 nitrogen and oxygen atoms in total. The van der Waals surface area contributed by atoms with Gasteiger partial charge in [-0.3, -0.25) is 4.90 Å². The second-order valence-electron chi connectivity index (χ2n) is 5.02. The third kappa shape index (κ3) is 4.37. The van der Waals surface area contributed by atoms with Gasteiger partial charge in [0.1, 0.15) is 0 Å². The van der Waals surface area contributed by atoms with Gasteiger partial charge in [-0.05, 0) is 37.7 Å². The third-order valence-corrected chi connectivity index (χ3v) is 3.78. The van der Waals surface area contributed by atoms with Crippen molar-refractivity contribution in [2.75, 3.05) is 20.1 Å². The molecule has 1 N–H and O–H groups in total. The minimum absolute atomic E-state index is 0.351. The van der Waals surface area contributed by atoms with E-state index < -0.39 is 0 Å². The van der Waals surface area contributed by atoms with Crippen molar-refractivity contribution in [2.24, 2.45) is 0 Å². The van der Waals surface area contributed by atoms with Crippen LogP contribution in [0.5, 0.6) is 0 Å². The fourth-order valence-corrected chi connectivity index (χ4v) is 2.29. The van der Waals surface area contributed by atoms with Crippen molar-refractivity contribution < 1.29 is 4.42 Å². The Morgan fingerprint density at radius 2 is 2.20 bits per heavy atom. The minimum Gasteiger partial charge on any atom is -0.472 e. The predicted octanol–water partition coefficient (Wildman–Crippen LogP) is 3.72. The summed E-state index contributed by atoms with van der Waals surface area (Å²) in [5.41, 5.74) is 2.42. The first kappa shape index (κ1) is 15.1. The van der Waals surface area contributed by atoms with Gasteiger partial charge in [-0.1, -0.05) is 23.7 Å². The summed E-state index contributed by atoms with van der Waals surface area (Å²) in [4.78, 5) is 2.31. The zero-order valence-electron chi connectivity index (χ0n) is 12.0. The summed E-state index contributed by atoms with van der Waals surface area (Å²) in [6.45, 7) is 4.95. The van der Waals surface area contributed by atoms with Crippen LogP contribution in [0.3, 0.4) is 0 Å². The standard InChI is InChI=1S/C16H21ClN2O/c1-13(15-4-3-5-16(17)10-15)19(2)8-7-18-11-14-6-9-20-12-14/h3-6,9-10,12-13,18H,7-8,11H2,1-2H3. The zero-order valence-corrected chi connectivity index (χ0v) is 12.7. The summed E-state index contributed by atoms with van der Waals surface area (Å²) >= 11 is 6.04. The molecule has 2 rings (SSSR count). The van der Waals surface area contributed by atoms with Crippen LogP contribution in [0, 0.1) is 0 Å². The van der Waals surface area contributed by atoms with Crippen LogP contribution in [0.25, 0.3) is 0 Å². The number of likely N-dealkylation sites (N-methyl/N-ethyl adjacent to an activating group) is 1. The van der Waals surface area contributed by atoms with Gasteiger partial charge in [0.25, 0.3) is 0 Å². The maximum atomic E-state index is 6.04. The number of benzene rings is 1. The number of hydrogen-bond acceptors (Lipinski definition) is 3. The van der Waals surface area contributed by atoms with Crippen molar-refractivity contribution in [3.8, 4) is 0 Å². The Hall–Kier alpha value is -1.29. The molecule has 1 aromatic carbocycles. The minimum atomic E-state index is 0.351. The Morgan fingerprint density at radius 1 is 1.35 bits per heavy atom. The molecule has 1 unspecified atom stereocenters. The molecule has 0 aliphatic heterocycles. The van der Waals surface area contributed by atoms with Crippen LogP contribution in [-0.4, -0.2) is 25.0 Å². The first-order valence-electron chi connectivity index (χ1n) is 6.84. The number of rotatable bonds is 7. The average Bonchev–Trinajstić information content (AvgIpc) is 2.95. The van der Waals surface area contributed by atoms with Gasteiger partial charge in [-0.15, -0.1) is 0 Å². The van der Waals surface area contributed by atoms with Crippen molar-refractivity contribution in [3.63, 3.8) is 0 Å². The molecular formula is C16H21ClN2O. The Labute approximate surface area is 125 Å². The van der Waals surface area contributed by atoms with Crippen LogP contribution in [0.15, 0.2) is 47.3 Å². The van der Waals surface area contributed by atoms with Gasteiger partial charge < -0.3 is 9.73 Å². The maximum Gasteiger partial charge on any atom is 0.0947 e. The lowest BCUT2D eigenvalue weighted by Crippen LogP contribution is -2.31. The second-order valence-corrected chi connectivity index (χ2v) is 5.46. The number of nitrogens with one attached hydrogen (secondary N) is 1. The van der Waals surface area contributed by atoms with Crippen molar-refractivity contribution in [1.29, 1.82) is 0 Å². The van der Waals surface area contributed by atoms with E-state index in [-0.39, 0.29) is 0 Å². The number of hydrogen-bond donors (Lipinski definition) is 1. The third-order valence-electron chi connectivity index (χ3n) is 3.54. The molecule has 0 saturated heterocycles. The van der Waals surface area contributed by atoms with Gasteiger partial charge in [0.05, 0.1) is 12.5 Å². The molecule has 4 heteroatoms. The Kier molecular flexibility index (Phi) is 5.65. The van der Waals surface area contributed by atoms with Gasteiger partial charge in [-0.25, -0.2) is 0 Å². The first-order valence-corrected chi connectivity index (χ1v) is 7.22. The van der Waals surface area contributed by atoms with Gasteiger partial charge in [-0.2, -0.15) is 0 Å². The molecule has 0 amide bonds. The molecule has 0 bridgehead atoms. The quantitative estimate of drug-likeness (QED) is 0.789. The summed E-state index contributed by atoms with van der Waals surface area (Å²) in [6.07, 6.45) is 3.47. The van der Waals surface area contributed by atoms with E-state index in [9.17, 15) is 0 Å². The molecule has 108 valence electrons. The normalized spacial score (nSPS) is 12.8. The largest absolute Gasteiger partial charge is 0.472 e. The molecule has 1 heterocycles. The maximum absolute atomic E-state index is 6.04. The van der Waals surface area contributed by atoms with E-state index in [0.29, 0.717) is 6.04 Å². The summed E-state index contributed by atoms with van der Waals surface area (Å²) in [6, 6.07) is 10.4. The zero-order chi connectivity index (χ0) is 14.4. The molecule has 0 aliphatic rings. The van der Waals surface area contributed by atoms with E-state index in [2.05, 4.69) is 30.3 Å². The fourth-order valence-electron chi connectivity index (χ4n) is 2.10. The Morgan fingerprint density at radius 3 is 2.90 bits per heavy atom. The van der Waals surface area contributed by atoms with Crippen molar-refractivity contribution in [1.82, 2.24) is 10.2 Å². The van der Waals surface area contributed by atoms with Crippen LogP contribution in [0.4, 0.5) is 0 Å². The SMILES string of the molecule is CC(c1cccc(Cl)c1)N(C)CCNCc1ccoc1. The molecule has 0 radical (unpaired) electrons. The molecule has 2 aromatic rings. The summed E-state index contributed by atoms with van der Waals surface area (Å²) in [5.74, 6) is 0. The fraction of sp³-hybridized carbons (Fsp3) is 0.375. The van der Waals surface area contributed by atoms with Gasteiger partial charge >= 0.3 is 0 Å². The highest BCUT2D eigenvalue weighted by Gasteiger charge is 2.11. The molecule has 1 atom stereocenters. The highest BCUT2D eigenvalue weighted by molar-refractivity contribution is 6.30.